The lowest BCUT2D eigenvalue weighted by Gasteiger charge is -2.19. The largest absolute Gasteiger partial charge is 0.493 e. The summed E-state index contributed by atoms with van der Waals surface area (Å²) >= 11 is 0. The SMILES string of the molecule is CCOC(Cc1ccccc1OCc1cnc2cc(OC)c(OC)cc2c1OC(C)C)C(=O)O. The fraction of sp³-hybridized carbons (Fsp3) is 0.385. The maximum absolute atomic E-state index is 11.5. The molecule has 3 rings (SSSR count). The lowest BCUT2D eigenvalue weighted by molar-refractivity contribution is -0.149. The molecule has 1 atom stereocenters. The molecule has 1 unspecified atom stereocenters. The molecule has 0 amide bonds. The predicted molar refractivity (Wildman–Crippen MR) is 128 cm³/mol. The molecular weight excluding hydrogens is 438 g/mol. The Balaban J connectivity index is 1.94. The minimum absolute atomic E-state index is 0.0766. The van der Waals surface area contributed by atoms with Gasteiger partial charge in [0.05, 0.1) is 31.4 Å². The molecule has 182 valence electrons. The minimum Gasteiger partial charge on any atom is -0.493 e. The Morgan fingerprint density at radius 3 is 2.38 bits per heavy atom. The molecule has 8 nitrogen and oxygen atoms in total. The van der Waals surface area contributed by atoms with Crippen LogP contribution >= 0.6 is 0 Å². The zero-order valence-electron chi connectivity index (χ0n) is 20.2. The average Bonchev–Trinajstić information content (AvgIpc) is 2.82. The number of hydrogen-bond acceptors (Lipinski definition) is 7. The van der Waals surface area contributed by atoms with Gasteiger partial charge < -0.3 is 28.8 Å². The van der Waals surface area contributed by atoms with Crippen LogP contribution in [0.2, 0.25) is 0 Å². The van der Waals surface area contributed by atoms with E-state index in [1.165, 1.54) is 0 Å². The van der Waals surface area contributed by atoms with Crippen molar-refractivity contribution in [3.05, 3.63) is 53.7 Å². The molecule has 1 aromatic heterocycles. The molecule has 34 heavy (non-hydrogen) atoms. The summed E-state index contributed by atoms with van der Waals surface area (Å²) in [5.41, 5.74) is 2.20. The molecule has 0 aliphatic rings. The Morgan fingerprint density at radius 2 is 1.74 bits per heavy atom. The van der Waals surface area contributed by atoms with Gasteiger partial charge in [-0.05, 0) is 38.5 Å². The standard InChI is InChI=1S/C26H31NO7/c1-6-32-24(26(28)29)11-17-9-7-8-10-21(17)33-15-18-14-27-20-13-23(31-5)22(30-4)12-19(20)25(18)34-16(2)3/h7-10,12-14,16,24H,6,11,15H2,1-5H3,(H,28,29). The predicted octanol–water partition coefficient (Wildman–Crippen LogP) is 4.65. The van der Waals surface area contributed by atoms with Crippen LogP contribution in [0.4, 0.5) is 0 Å². The molecule has 0 aliphatic heterocycles. The second-order valence-electron chi connectivity index (χ2n) is 7.89. The third-order valence-electron chi connectivity index (χ3n) is 5.16. The quantitative estimate of drug-likeness (QED) is 0.409. The summed E-state index contributed by atoms with van der Waals surface area (Å²) in [5, 5.41) is 10.2. The van der Waals surface area contributed by atoms with Gasteiger partial charge in [0.2, 0.25) is 0 Å². The number of fused-ring (bicyclic) bond motifs is 1. The maximum Gasteiger partial charge on any atom is 0.333 e. The maximum atomic E-state index is 11.5. The van der Waals surface area contributed by atoms with Crippen molar-refractivity contribution in [3.63, 3.8) is 0 Å². The van der Waals surface area contributed by atoms with Crippen LogP contribution in [0.15, 0.2) is 42.6 Å². The van der Waals surface area contributed by atoms with Crippen molar-refractivity contribution in [2.75, 3.05) is 20.8 Å². The second kappa shape index (κ2) is 11.6. The summed E-state index contributed by atoms with van der Waals surface area (Å²) in [7, 11) is 3.16. The summed E-state index contributed by atoms with van der Waals surface area (Å²) in [6.45, 7) is 6.17. The van der Waals surface area contributed by atoms with Crippen LogP contribution in [0, 0.1) is 0 Å². The minimum atomic E-state index is -1.01. The molecule has 1 heterocycles. The number of hydrogen-bond donors (Lipinski definition) is 1. The first-order valence-corrected chi connectivity index (χ1v) is 11.1. The fourth-order valence-corrected chi connectivity index (χ4v) is 3.60. The summed E-state index contributed by atoms with van der Waals surface area (Å²) in [6, 6.07) is 11.0. The monoisotopic (exact) mass is 469 g/mol. The van der Waals surface area contributed by atoms with Crippen molar-refractivity contribution in [2.45, 2.75) is 46.0 Å². The number of methoxy groups -OCH3 is 2. The summed E-state index contributed by atoms with van der Waals surface area (Å²) in [6.07, 6.45) is 0.892. The van der Waals surface area contributed by atoms with Gasteiger partial charge in [0.1, 0.15) is 18.1 Å². The lowest BCUT2D eigenvalue weighted by Crippen LogP contribution is -2.26. The number of carbonyl (C=O) groups is 1. The Kier molecular flexibility index (Phi) is 8.54. The van der Waals surface area contributed by atoms with Gasteiger partial charge in [-0.3, -0.25) is 4.98 Å². The van der Waals surface area contributed by atoms with Crippen molar-refractivity contribution in [1.29, 1.82) is 0 Å². The molecule has 0 spiro atoms. The molecule has 0 radical (unpaired) electrons. The first-order chi connectivity index (χ1) is 16.4. The highest BCUT2D eigenvalue weighted by Crippen LogP contribution is 2.38. The van der Waals surface area contributed by atoms with Crippen LogP contribution in [0.5, 0.6) is 23.0 Å². The van der Waals surface area contributed by atoms with E-state index in [-0.39, 0.29) is 19.1 Å². The number of rotatable bonds is 12. The van der Waals surface area contributed by atoms with Gasteiger partial charge >= 0.3 is 5.97 Å². The van der Waals surface area contributed by atoms with Gasteiger partial charge in [-0.2, -0.15) is 0 Å². The van der Waals surface area contributed by atoms with E-state index in [1.54, 1.807) is 33.4 Å². The van der Waals surface area contributed by atoms with Crippen molar-refractivity contribution >= 4 is 16.9 Å². The van der Waals surface area contributed by atoms with Gasteiger partial charge in [0.25, 0.3) is 0 Å². The third-order valence-corrected chi connectivity index (χ3v) is 5.16. The van der Waals surface area contributed by atoms with Gasteiger partial charge in [-0.1, -0.05) is 18.2 Å². The number of carboxylic acid groups (broad SMARTS) is 1. The topological polar surface area (TPSA) is 96.3 Å². The lowest BCUT2D eigenvalue weighted by atomic mass is 10.1. The number of benzene rings is 2. The summed E-state index contributed by atoms with van der Waals surface area (Å²) in [4.78, 5) is 16.1. The number of aliphatic carboxylic acids is 1. The normalized spacial score (nSPS) is 11.9. The summed E-state index contributed by atoms with van der Waals surface area (Å²) in [5.74, 6) is 1.38. The van der Waals surface area contributed by atoms with Crippen molar-refractivity contribution in [2.24, 2.45) is 0 Å². The number of pyridine rings is 1. The Labute approximate surface area is 199 Å². The van der Waals surface area contributed by atoms with E-state index in [0.717, 1.165) is 16.5 Å². The first-order valence-electron chi connectivity index (χ1n) is 11.1. The van der Waals surface area contributed by atoms with Gasteiger partial charge in [0.15, 0.2) is 17.6 Å². The van der Waals surface area contributed by atoms with E-state index in [0.29, 0.717) is 35.1 Å². The van der Waals surface area contributed by atoms with E-state index in [4.69, 9.17) is 23.7 Å². The number of para-hydroxylation sites is 1. The molecule has 1 N–H and O–H groups in total. The molecule has 2 aromatic carbocycles. The number of aromatic nitrogens is 1. The Morgan fingerprint density at radius 1 is 1.03 bits per heavy atom. The number of ether oxygens (including phenoxy) is 5. The molecule has 0 fully saturated rings. The molecule has 0 aliphatic carbocycles. The first kappa shape index (κ1) is 25.1. The molecule has 0 bridgehead atoms. The third kappa shape index (κ3) is 5.88. The highest BCUT2D eigenvalue weighted by molar-refractivity contribution is 5.89. The summed E-state index contributed by atoms with van der Waals surface area (Å²) < 4.78 is 28.5. The fourth-order valence-electron chi connectivity index (χ4n) is 3.60. The molecule has 3 aromatic rings. The Hall–Kier alpha value is -3.52. The van der Waals surface area contributed by atoms with Crippen molar-refractivity contribution in [3.8, 4) is 23.0 Å². The van der Waals surface area contributed by atoms with E-state index in [1.807, 2.05) is 44.2 Å². The van der Waals surface area contributed by atoms with Crippen LogP contribution in [-0.2, 0) is 22.6 Å². The van der Waals surface area contributed by atoms with Crippen LogP contribution in [-0.4, -0.2) is 49.1 Å². The van der Waals surface area contributed by atoms with Crippen LogP contribution in [0.1, 0.15) is 31.9 Å². The van der Waals surface area contributed by atoms with Crippen molar-refractivity contribution in [1.82, 2.24) is 4.98 Å². The van der Waals surface area contributed by atoms with E-state index in [2.05, 4.69) is 4.98 Å². The number of carboxylic acids is 1. The zero-order valence-corrected chi connectivity index (χ0v) is 20.2. The Bertz CT molecular complexity index is 1130. The smallest absolute Gasteiger partial charge is 0.333 e. The molecule has 8 heteroatoms. The van der Waals surface area contributed by atoms with Crippen LogP contribution < -0.4 is 18.9 Å². The average molecular weight is 470 g/mol. The van der Waals surface area contributed by atoms with Crippen molar-refractivity contribution < 1.29 is 33.6 Å². The molecule has 0 saturated heterocycles. The van der Waals surface area contributed by atoms with E-state index in [9.17, 15) is 9.90 Å². The van der Waals surface area contributed by atoms with E-state index >= 15 is 0 Å². The van der Waals surface area contributed by atoms with Gasteiger partial charge in [-0.25, -0.2) is 4.79 Å². The second-order valence-corrected chi connectivity index (χ2v) is 7.89. The van der Waals surface area contributed by atoms with Gasteiger partial charge in [0, 0.05) is 30.7 Å². The van der Waals surface area contributed by atoms with E-state index < -0.39 is 12.1 Å². The van der Waals surface area contributed by atoms with Crippen LogP contribution in [0.3, 0.4) is 0 Å². The highest BCUT2D eigenvalue weighted by atomic mass is 16.5. The molecule has 0 saturated carbocycles. The number of nitrogens with zero attached hydrogens (tertiary/aromatic N) is 1. The zero-order chi connectivity index (χ0) is 24.7. The van der Waals surface area contributed by atoms with Crippen LogP contribution in [0.25, 0.3) is 10.9 Å². The van der Waals surface area contributed by atoms with Gasteiger partial charge in [-0.15, -0.1) is 0 Å². The molecular formula is C26H31NO7. The highest BCUT2D eigenvalue weighted by Gasteiger charge is 2.21.